The van der Waals surface area contributed by atoms with Gasteiger partial charge in [0.05, 0.1) is 23.5 Å². The molecule has 31 heavy (non-hydrogen) atoms. The summed E-state index contributed by atoms with van der Waals surface area (Å²) in [5, 5.41) is 12.2. The molecule has 0 unspecified atom stereocenters. The second-order valence-corrected chi connectivity index (χ2v) is 8.23. The third-order valence-corrected chi connectivity index (χ3v) is 6.18. The Morgan fingerprint density at radius 2 is 1.61 bits per heavy atom. The average molecular weight is 416 g/mol. The molecule has 1 saturated heterocycles. The number of oxime groups is 1. The zero-order valence-corrected chi connectivity index (χ0v) is 18.1. The maximum Gasteiger partial charge on any atom is 0.170 e. The summed E-state index contributed by atoms with van der Waals surface area (Å²) in [7, 11) is 0. The van der Waals surface area contributed by atoms with Crippen LogP contribution >= 0.6 is 0 Å². The fourth-order valence-electron chi connectivity index (χ4n) is 4.65. The Morgan fingerprint density at radius 3 is 2.16 bits per heavy atom. The van der Waals surface area contributed by atoms with Gasteiger partial charge >= 0.3 is 0 Å². The van der Waals surface area contributed by atoms with Crippen LogP contribution in [0.3, 0.4) is 0 Å². The number of rotatable bonds is 5. The van der Waals surface area contributed by atoms with Gasteiger partial charge in [-0.05, 0) is 68.0 Å². The van der Waals surface area contributed by atoms with Crippen molar-refractivity contribution in [1.82, 2.24) is 14.9 Å². The molecule has 1 aliphatic rings. The Morgan fingerprint density at radius 1 is 1.00 bits per heavy atom. The second-order valence-electron chi connectivity index (χ2n) is 8.23. The first kappa shape index (κ1) is 21.0. The van der Waals surface area contributed by atoms with E-state index < -0.39 is 0 Å². The number of hydrogen-bond acceptors (Lipinski definition) is 5. The molecular formula is C25H29N5O. The van der Waals surface area contributed by atoms with Gasteiger partial charge in [-0.25, -0.2) is 0 Å². The lowest BCUT2D eigenvalue weighted by molar-refractivity contribution is 0.0679. The van der Waals surface area contributed by atoms with E-state index in [1.54, 1.807) is 0 Å². The van der Waals surface area contributed by atoms with Gasteiger partial charge in [0.2, 0.25) is 0 Å². The molecule has 0 aliphatic carbocycles. The first-order valence-electron chi connectivity index (χ1n) is 10.7. The first-order valence-corrected chi connectivity index (χ1v) is 10.7. The number of nitrogens with zero attached hydrogens (tertiary/aromatic N) is 4. The average Bonchev–Trinajstić information content (AvgIpc) is 2.80. The van der Waals surface area contributed by atoms with E-state index >= 15 is 0 Å². The lowest BCUT2D eigenvalue weighted by Gasteiger charge is -2.42. The summed E-state index contributed by atoms with van der Waals surface area (Å²) < 4.78 is 0. The SMILES string of the molecule is Cc1cccnc1[C@H]1CCC[C@@H](c2ncccc2C)N1Cc1cccc(C(N)=NO)c1. The van der Waals surface area contributed by atoms with Gasteiger partial charge in [0.25, 0.3) is 0 Å². The van der Waals surface area contributed by atoms with E-state index in [4.69, 9.17) is 20.9 Å². The number of piperidine rings is 1. The van der Waals surface area contributed by atoms with Gasteiger partial charge in [-0.3, -0.25) is 14.9 Å². The van der Waals surface area contributed by atoms with Crippen LogP contribution in [0.15, 0.2) is 66.1 Å². The molecule has 3 aromatic rings. The third kappa shape index (κ3) is 4.44. The van der Waals surface area contributed by atoms with Crippen molar-refractivity contribution in [2.45, 2.75) is 51.7 Å². The summed E-state index contributed by atoms with van der Waals surface area (Å²) in [6.07, 6.45) is 7.01. The number of hydrogen-bond donors (Lipinski definition) is 2. The summed E-state index contributed by atoms with van der Waals surface area (Å²) in [5.74, 6) is 0.120. The smallest absolute Gasteiger partial charge is 0.170 e. The standard InChI is InChI=1S/C25H29N5O/c1-17-7-5-13-27-23(17)21-11-4-12-22(24-18(2)8-6-14-28-24)30(21)16-19-9-3-10-20(15-19)25(26)29-31/h3,5-10,13-15,21-22,31H,4,11-12,16H2,1-2H3,(H2,26,29)/t21-,22+. The Bertz CT molecular complexity index is 1030. The highest BCUT2D eigenvalue weighted by molar-refractivity contribution is 5.97. The van der Waals surface area contributed by atoms with E-state index in [1.807, 2.05) is 42.7 Å². The fourth-order valence-corrected chi connectivity index (χ4v) is 4.65. The molecule has 1 aliphatic heterocycles. The molecule has 2 aromatic heterocycles. The molecule has 6 nitrogen and oxygen atoms in total. The quantitative estimate of drug-likeness (QED) is 0.274. The monoisotopic (exact) mass is 415 g/mol. The zero-order valence-electron chi connectivity index (χ0n) is 18.1. The van der Waals surface area contributed by atoms with Gasteiger partial charge in [-0.1, -0.05) is 35.5 Å². The van der Waals surface area contributed by atoms with Gasteiger partial charge in [0.15, 0.2) is 5.84 Å². The largest absolute Gasteiger partial charge is 0.409 e. The summed E-state index contributed by atoms with van der Waals surface area (Å²) in [6, 6.07) is 16.6. The Hall–Kier alpha value is -3.25. The molecular weight excluding hydrogens is 386 g/mol. The van der Waals surface area contributed by atoms with Crippen molar-refractivity contribution >= 4 is 5.84 Å². The van der Waals surface area contributed by atoms with Crippen molar-refractivity contribution in [3.63, 3.8) is 0 Å². The van der Waals surface area contributed by atoms with Gasteiger partial charge < -0.3 is 10.9 Å². The van der Waals surface area contributed by atoms with E-state index in [9.17, 15) is 0 Å². The molecule has 0 radical (unpaired) electrons. The van der Waals surface area contributed by atoms with Gasteiger partial charge in [0, 0.05) is 24.5 Å². The Kier molecular flexibility index (Phi) is 6.28. The van der Waals surface area contributed by atoms with Crippen LogP contribution in [-0.2, 0) is 6.54 Å². The summed E-state index contributed by atoms with van der Waals surface area (Å²) in [4.78, 5) is 12.1. The molecule has 4 rings (SSSR count). The molecule has 1 fully saturated rings. The summed E-state index contributed by atoms with van der Waals surface area (Å²) in [5.41, 5.74) is 12.4. The molecule has 0 saturated carbocycles. The Labute approximate surface area is 183 Å². The molecule has 1 aromatic carbocycles. The van der Waals surface area contributed by atoms with Crippen LogP contribution < -0.4 is 5.73 Å². The van der Waals surface area contributed by atoms with Crippen molar-refractivity contribution < 1.29 is 5.21 Å². The van der Waals surface area contributed by atoms with Crippen molar-refractivity contribution in [2.24, 2.45) is 10.9 Å². The number of aryl methyl sites for hydroxylation is 2. The maximum absolute atomic E-state index is 9.08. The van der Waals surface area contributed by atoms with E-state index in [0.717, 1.165) is 42.8 Å². The topological polar surface area (TPSA) is 87.6 Å². The maximum atomic E-state index is 9.08. The van der Waals surface area contributed by atoms with Gasteiger partial charge in [-0.15, -0.1) is 0 Å². The lowest BCUT2D eigenvalue weighted by atomic mass is 9.88. The highest BCUT2D eigenvalue weighted by Crippen LogP contribution is 2.43. The third-order valence-electron chi connectivity index (χ3n) is 6.18. The Balaban J connectivity index is 1.76. The van der Waals surface area contributed by atoms with Crippen molar-refractivity contribution in [3.05, 3.63) is 94.6 Å². The number of benzene rings is 1. The zero-order chi connectivity index (χ0) is 21.8. The van der Waals surface area contributed by atoms with E-state index in [1.165, 1.54) is 11.1 Å². The summed E-state index contributed by atoms with van der Waals surface area (Å²) >= 11 is 0. The van der Waals surface area contributed by atoms with Gasteiger partial charge in [-0.2, -0.15) is 0 Å². The van der Waals surface area contributed by atoms with Crippen molar-refractivity contribution in [2.75, 3.05) is 0 Å². The number of pyridine rings is 2. The van der Waals surface area contributed by atoms with Crippen LogP contribution in [0.1, 0.15) is 65.0 Å². The summed E-state index contributed by atoms with van der Waals surface area (Å²) in [6.45, 7) is 5.00. The van der Waals surface area contributed by atoms with Crippen molar-refractivity contribution in [1.29, 1.82) is 0 Å². The minimum Gasteiger partial charge on any atom is -0.409 e. The van der Waals surface area contributed by atoms with E-state index in [-0.39, 0.29) is 17.9 Å². The predicted molar refractivity (Wildman–Crippen MR) is 122 cm³/mol. The highest BCUT2D eigenvalue weighted by Gasteiger charge is 2.35. The minimum atomic E-state index is 0.120. The normalized spacial score (nSPS) is 20.0. The van der Waals surface area contributed by atoms with E-state index in [2.05, 4.69) is 42.1 Å². The van der Waals surface area contributed by atoms with Crippen LogP contribution in [0, 0.1) is 13.8 Å². The fraction of sp³-hybridized carbons (Fsp3) is 0.320. The molecule has 0 amide bonds. The number of likely N-dealkylation sites (tertiary alicyclic amines) is 1. The van der Waals surface area contributed by atoms with E-state index in [0.29, 0.717) is 5.56 Å². The molecule has 2 atom stereocenters. The van der Waals surface area contributed by atoms with Crippen molar-refractivity contribution in [3.8, 4) is 0 Å². The first-order chi connectivity index (χ1) is 15.1. The van der Waals surface area contributed by atoms with Crippen LogP contribution in [0.25, 0.3) is 0 Å². The molecule has 160 valence electrons. The highest BCUT2D eigenvalue weighted by atomic mass is 16.4. The van der Waals surface area contributed by atoms with Gasteiger partial charge in [0.1, 0.15) is 0 Å². The predicted octanol–water partition coefficient (Wildman–Crippen LogP) is 4.66. The number of aromatic nitrogens is 2. The second kappa shape index (κ2) is 9.27. The molecule has 3 heterocycles. The minimum absolute atomic E-state index is 0.120. The molecule has 6 heteroatoms. The molecule has 3 N–H and O–H groups in total. The van der Waals surface area contributed by atoms with Crippen LogP contribution in [0.5, 0.6) is 0 Å². The van der Waals surface area contributed by atoms with Crippen LogP contribution in [-0.4, -0.2) is 25.9 Å². The number of nitrogens with two attached hydrogens (primary N) is 1. The lowest BCUT2D eigenvalue weighted by Crippen LogP contribution is -2.37. The molecule has 0 bridgehead atoms. The number of amidine groups is 1. The van der Waals surface area contributed by atoms with Crippen LogP contribution in [0.4, 0.5) is 0 Å². The molecule has 0 spiro atoms. The van der Waals surface area contributed by atoms with Crippen LogP contribution in [0.2, 0.25) is 0 Å².